The lowest BCUT2D eigenvalue weighted by Gasteiger charge is -2.12. The highest BCUT2D eigenvalue weighted by Gasteiger charge is 2.35. The number of nitrogens with zero attached hydrogens (tertiary/aromatic N) is 3. The zero-order valence-corrected chi connectivity index (χ0v) is 21.3. The van der Waals surface area contributed by atoms with Gasteiger partial charge in [0.2, 0.25) is 0 Å². The van der Waals surface area contributed by atoms with Crippen molar-refractivity contribution in [2.45, 2.75) is 20.0 Å². The summed E-state index contributed by atoms with van der Waals surface area (Å²) in [6, 6.07) is 25.4. The monoisotopic (exact) mass is 541 g/mol. The molecule has 0 bridgehead atoms. The standard InChI is InChI=1S/C28H20BrN3O2S/c1-18-24(14-26-27(33)32(28(34)35-26)16-19-7-6-10-22(29)13-19)23-11-4-5-12-25(23)31(18)17-21-9-3-2-8-20(21)15-30/h2-14H,16-17H2,1H3/b26-14-. The van der Waals surface area contributed by atoms with Crippen LogP contribution in [0.25, 0.3) is 17.0 Å². The molecule has 3 aromatic carbocycles. The first-order chi connectivity index (χ1) is 17.0. The van der Waals surface area contributed by atoms with Crippen molar-refractivity contribution in [1.82, 2.24) is 9.47 Å². The van der Waals surface area contributed by atoms with Crippen LogP contribution in [0.3, 0.4) is 0 Å². The van der Waals surface area contributed by atoms with Gasteiger partial charge in [-0.05, 0) is 60.2 Å². The van der Waals surface area contributed by atoms with Gasteiger partial charge in [-0.15, -0.1) is 0 Å². The molecule has 1 aliphatic rings. The van der Waals surface area contributed by atoms with Crippen LogP contribution in [-0.2, 0) is 17.9 Å². The summed E-state index contributed by atoms with van der Waals surface area (Å²) in [6.07, 6.45) is 1.83. The lowest BCUT2D eigenvalue weighted by Crippen LogP contribution is -2.27. The van der Waals surface area contributed by atoms with E-state index < -0.39 is 0 Å². The Morgan fingerprint density at radius 2 is 1.77 bits per heavy atom. The van der Waals surface area contributed by atoms with Crippen LogP contribution in [0.1, 0.15) is 27.9 Å². The summed E-state index contributed by atoms with van der Waals surface area (Å²) in [5.74, 6) is -0.286. The highest BCUT2D eigenvalue weighted by molar-refractivity contribution is 9.10. The molecule has 172 valence electrons. The first-order valence-electron chi connectivity index (χ1n) is 11.0. The van der Waals surface area contributed by atoms with Gasteiger partial charge >= 0.3 is 0 Å². The lowest BCUT2D eigenvalue weighted by molar-refractivity contribution is -0.123. The maximum Gasteiger partial charge on any atom is 0.293 e. The van der Waals surface area contributed by atoms with Crippen molar-refractivity contribution in [3.05, 3.63) is 110 Å². The first-order valence-corrected chi connectivity index (χ1v) is 12.6. The molecule has 5 nitrogen and oxygen atoms in total. The Morgan fingerprint density at radius 3 is 2.57 bits per heavy atom. The van der Waals surface area contributed by atoms with E-state index in [1.165, 1.54) is 4.90 Å². The number of halogens is 1. The van der Waals surface area contributed by atoms with E-state index in [0.717, 1.165) is 49.5 Å². The molecule has 1 aromatic heterocycles. The van der Waals surface area contributed by atoms with Crippen molar-refractivity contribution in [1.29, 1.82) is 5.26 Å². The van der Waals surface area contributed by atoms with E-state index in [4.69, 9.17) is 0 Å². The van der Waals surface area contributed by atoms with Crippen LogP contribution in [0.5, 0.6) is 0 Å². The quantitative estimate of drug-likeness (QED) is 0.258. The van der Waals surface area contributed by atoms with Crippen molar-refractivity contribution in [2.24, 2.45) is 0 Å². The van der Waals surface area contributed by atoms with Gasteiger partial charge in [0.1, 0.15) is 0 Å². The van der Waals surface area contributed by atoms with Gasteiger partial charge in [-0.1, -0.05) is 64.5 Å². The molecule has 7 heteroatoms. The van der Waals surface area contributed by atoms with Crippen LogP contribution in [-0.4, -0.2) is 20.6 Å². The van der Waals surface area contributed by atoms with Crippen LogP contribution in [0.4, 0.5) is 4.79 Å². The minimum atomic E-state index is -0.286. The summed E-state index contributed by atoms with van der Waals surface area (Å²) in [4.78, 5) is 27.6. The molecule has 35 heavy (non-hydrogen) atoms. The number of carbonyl (C=O) groups is 2. The van der Waals surface area contributed by atoms with E-state index in [0.29, 0.717) is 17.0 Å². The molecule has 2 heterocycles. The minimum absolute atomic E-state index is 0.229. The highest BCUT2D eigenvalue weighted by atomic mass is 79.9. The van der Waals surface area contributed by atoms with Crippen LogP contribution in [0.2, 0.25) is 0 Å². The predicted octanol–water partition coefficient (Wildman–Crippen LogP) is 6.87. The SMILES string of the molecule is Cc1c(/C=C2\SC(=O)N(Cc3cccc(Br)c3)C2=O)c2ccccc2n1Cc1ccccc1C#N. The highest BCUT2D eigenvalue weighted by Crippen LogP contribution is 2.36. The number of carbonyl (C=O) groups excluding carboxylic acids is 2. The number of hydrogen-bond donors (Lipinski definition) is 0. The maximum atomic E-state index is 13.2. The van der Waals surface area contributed by atoms with Gasteiger partial charge in [0, 0.05) is 33.2 Å². The summed E-state index contributed by atoms with van der Waals surface area (Å²) >= 11 is 4.41. The van der Waals surface area contributed by atoms with Gasteiger partial charge in [0.15, 0.2) is 0 Å². The molecule has 4 aromatic rings. The molecular weight excluding hydrogens is 522 g/mol. The Labute approximate surface area is 215 Å². The Kier molecular flexibility index (Phi) is 6.33. The maximum absolute atomic E-state index is 13.2. The third-order valence-electron chi connectivity index (χ3n) is 6.12. The number of benzene rings is 3. The molecule has 0 aliphatic carbocycles. The number of fused-ring (bicyclic) bond motifs is 1. The molecule has 1 aliphatic heterocycles. The molecule has 0 unspecified atom stereocenters. The van der Waals surface area contributed by atoms with Gasteiger partial charge < -0.3 is 4.57 Å². The average Bonchev–Trinajstić information content (AvgIpc) is 3.27. The van der Waals surface area contributed by atoms with E-state index in [2.05, 4.69) is 26.6 Å². The number of aromatic nitrogens is 1. The fraction of sp³-hybridized carbons (Fsp3) is 0.107. The number of para-hydroxylation sites is 1. The first kappa shape index (κ1) is 23.2. The summed E-state index contributed by atoms with van der Waals surface area (Å²) in [5.41, 5.74) is 5.34. The van der Waals surface area contributed by atoms with Crippen LogP contribution >= 0.6 is 27.7 Å². The third kappa shape index (κ3) is 4.43. The zero-order valence-electron chi connectivity index (χ0n) is 18.9. The van der Waals surface area contributed by atoms with E-state index in [-0.39, 0.29) is 17.7 Å². The summed E-state index contributed by atoms with van der Waals surface area (Å²) < 4.78 is 3.06. The molecule has 5 rings (SSSR count). The van der Waals surface area contributed by atoms with Crippen LogP contribution in [0, 0.1) is 18.3 Å². The van der Waals surface area contributed by atoms with Crippen molar-refractivity contribution in [2.75, 3.05) is 0 Å². The van der Waals surface area contributed by atoms with E-state index in [9.17, 15) is 14.9 Å². The molecule has 0 atom stereocenters. The van der Waals surface area contributed by atoms with E-state index >= 15 is 0 Å². The second-order valence-electron chi connectivity index (χ2n) is 8.27. The summed E-state index contributed by atoms with van der Waals surface area (Å²) in [6.45, 7) is 2.77. The van der Waals surface area contributed by atoms with Gasteiger partial charge in [-0.3, -0.25) is 14.5 Å². The van der Waals surface area contributed by atoms with Crippen molar-refractivity contribution in [3.8, 4) is 6.07 Å². The Bertz CT molecular complexity index is 1560. The fourth-order valence-electron chi connectivity index (χ4n) is 4.37. The van der Waals surface area contributed by atoms with Crippen molar-refractivity contribution >= 4 is 55.8 Å². The average molecular weight is 542 g/mol. The molecular formula is C28H20BrN3O2S. The van der Waals surface area contributed by atoms with Gasteiger partial charge in [0.05, 0.1) is 23.1 Å². The molecule has 0 spiro atoms. The number of nitriles is 1. The second-order valence-corrected chi connectivity index (χ2v) is 10.2. The number of rotatable bonds is 5. The second kappa shape index (κ2) is 9.57. The molecule has 2 amide bonds. The molecule has 0 N–H and O–H groups in total. The van der Waals surface area contributed by atoms with Crippen molar-refractivity contribution < 1.29 is 9.59 Å². The minimum Gasteiger partial charge on any atom is -0.340 e. The van der Waals surface area contributed by atoms with Crippen LogP contribution < -0.4 is 0 Å². The third-order valence-corrected chi connectivity index (χ3v) is 7.53. The van der Waals surface area contributed by atoms with E-state index in [1.54, 1.807) is 0 Å². The topological polar surface area (TPSA) is 66.1 Å². The molecule has 1 saturated heterocycles. The molecule has 1 fully saturated rings. The Hall–Kier alpha value is -3.60. The largest absolute Gasteiger partial charge is 0.340 e. The zero-order chi connectivity index (χ0) is 24.5. The van der Waals surface area contributed by atoms with Crippen molar-refractivity contribution in [3.63, 3.8) is 0 Å². The van der Waals surface area contributed by atoms with Gasteiger partial charge in [-0.2, -0.15) is 5.26 Å². The number of imide groups is 1. The molecule has 0 saturated carbocycles. The number of hydrogen-bond acceptors (Lipinski definition) is 4. The predicted molar refractivity (Wildman–Crippen MR) is 143 cm³/mol. The van der Waals surface area contributed by atoms with Gasteiger partial charge in [0.25, 0.3) is 11.1 Å². The summed E-state index contributed by atoms with van der Waals surface area (Å²) in [5, 5.41) is 10.3. The summed E-state index contributed by atoms with van der Waals surface area (Å²) in [7, 11) is 0. The normalized spacial score (nSPS) is 14.8. The number of thioether (sulfide) groups is 1. The fourth-order valence-corrected chi connectivity index (χ4v) is 5.63. The Morgan fingerprint density at radius 1 is 1.00 bits per heavy atom. The smallest absolute Gasteiger partial charge is 0.293 e. The van der Waals surface area contributed by atoms with Gasteiger partial charge in [-0.25, -0.2) is 0 Å². The Balaban J connectivity index is 1.52. The van der Waals surface area contributed by atoms with E-state index in [1.807, 2.05) is 85.8 Å². The lowest BCUT2D eigenvalue weighted by atomic mass is 10.1. The molecule has 0 radical (unpaired) electrons. The van der Waals surface area contributed by atoms with Crippen LogP contribution in [0.15, 0.2) is 82.2 Å². The number of amides is 2.